The van der Waals surface area contributed by atoms with Crippen molar-refractivity contribution in [1.29, 1.82) is 0 Å². The third-order valence-corrected chi connectivity index (χ3v) is 2.83. The molecule has 0 atom stereocenters. The van der Waals surface area contributed by atoms with Crippen molar-refractivity contribution in [1.82, 2.24) is 9.61 Å². The van der Waals surface area contributed by atoms with Crippen LogP contribution < -0.4 is 0 Å². The Morgan fingerprint density at radius 2 is 1.94 bits per heavy atom. The Morgan fingerprint density at radius 1 is 1.33 bits per heavy atom. The molecule has 2 aromatic rings. The summed E-state index contributed by atoms with van der Waals surface area (Å²) >= 11 is 11.4. The Labute approximate surface area is 108 Å². The fourth-order valence-electron chi connectivity index (χ4n) is 1.43. The average molecular weight is 299 g/mol. The fourth-order valence-corrected chi connectivity index (χ4v) is 2.02. The molecule has 2 aromatic heterocycles. The van der Waals surface area contributed by atoms with E-state index in [2.05, 4.69) is 5.10 Å². The van der Waals surface area contributed by atoms with Crippen LogP contribution in [0.5, 0.6) is 0 Å². The van der Waals surface area contributed by atoms with Crippen LogP contribution in [0.3, 0.4) is 0 Å². The first-order valence-corrected chi connectivity index (χ1v) is 5.16. The summed E-state index contributed by atoms with van der Waals surface area (Å²) in [6, 6.07) is 1.68. The minimum Gasteiger partial charge on any atom is -0.476 e. The predicted octanol–water partition coefficient (Wildman–Crippen LogP) is 3.36. The first-order valence-electron chi connectivity index (χ1n) is 4.40. The van der Waals surface area contributed by atoms with Crippen LogP contribution >= 0.6 is 23.2 Å². The lowest BCUT2D eigenvalue weighted by atomic mass is 10.3. The Hall–Kier alpha value is -1.47. The van der Waals surface area contributed by atoms with E-state index in [0.717, 1.165) is 6.07 Å². The van der Waals surface area contributed by atoms with Gasteiger partial charge in [-0.3, -0.25) is 0 Å². The van der Waals surface area contributed by atoms with Crippen LogP contribution in [0.4, 0.5) is 13.2 Å². The molecule has 0 radical (unpaired) electrons. The lowest BCUT2D eigenvalue weighted by Crippen LogP contribution is -2.12. The summed E-state index contributed by atoms with van der Waals surface area (Å²) in [5.74, 6) is -1.53. The van der Waals surface area contributed by atoms with Gasteiger partial charge in [0.05, 0.1) is 5.02 Å². The van der Waals surface area contributed by atoms with Crippen molar-refractivity contribution in [2.24, 2.45) is 0 Å². The number of carboxylic acids is 1. The minimum absolute atomic E-state index is 0.118. The van der Waals surface area contributed by atoms with Gasteiger partial charge in [-0.25, -0.2) is 9.31 Å². The molecule has 96 valence electrons. The molecule has 0 saturated carbocycles. The zero-order valence-electron chi connectivity index (χ0n) is 8.29. The number of carboxylic acid groups (broad SMARTS) is 1. The maximum atomic E-state index is 12.7. The summed E-state index contributed by atoms with van der Waals surface area (Å²) in [6.07, 6.45) is -4.70. The van der Waals surface area contributed by atoms with E-state index in [1.54, 1.807) is 0 Å². The third kappa shape index (κ3) is 1.89. The molecule has 0 unspecified atom stereocenters. The van der Waals surface area contributed by atoms with Gasteiger partial charge in [-0.2, -0.15) is 18.3 Å². The largest absolute Gasteiger partial charge is 0.476 e. The number of carbonyl (C=O) groups is 1. The Morgan fingerprint density at radius 3 is 2.44 bits per heavy atom. The molecule has 0 aliphatic rings. The van der Waals surface area contributed by atoms with Crippen LogP contribution in [-0.4, -0.2) is 20.7 Å². The summed E-state index contributed by atoms with van der Waals surface area (Å²) < 4.78 is 38.5. The number of aromatic carboxylic acids is 1. The van der Waals surface area contributed by atoms with Crippen LogP contribution in [-0.2, 0) is 6.18 Å². The van der Waals surface area contributed by atoms with Crippen LogP contribution in [0.2, 0.25) is 10.0 Å². The number of hydrogen-bond acceptors (Lipinski definition) is 2. The Kier molecular flexibility index (Phi) is 2.90. The normalized spacial score (nSPS) is 12.1. The number of rotatable bonds is 1. The summed E-state index contributed by atoms with van der Waals surface area (Å²) in [6.45, 7) is 0. The molecule has 4 nitrogen and oxygen atoms in total. The highest BCUT2D eigenvalue weighted by Crippen LogP contribution is 2.35. The molecule has 1 N–H and O–H groups in total. The second-order valence-corrected chi connectivity index (χ2v) is 4.08. The lowest BCUT2D eigenvalue weighted by molar-refractivity contribution is -0.142. The smallest absolute Gasteiger partial charge is 0.433 e. The molecule has 0 bridgehead atoms. The van der Waals surface area contributed by atoms with Crippen molar-refractivity contribution in [2.45, 2.75) is 6.18 Å². The quantitative estimate of drug-likeness (QED) is 0.878. The highest BCUT2D eigenvalue weighted by Gasteiger charge is 2.35. The molecule has 0 aliphatic heterocycles. The molecule has 2 heterocycles. The maximum absolute atomic E-state index is 12.7. The molecule has 0 spiro atoms. The van der Waals surface area contributed by atoms with E-state index in [9.17, 15) is 18.0 Å². The monoisotopic (exact) mass is 298 g/mol. The summed E-state index contributed by atoms with van der Waals surface area (Å²) in [4.78, 5) is 10.8. The van der Waals surface area contributed by atoms with E-state index in [1.807, 2.05) is 0 Å². The van der Waals surface area contributed by atoms with Gasteiger partial charge >= 0.3 is 12.1 Å². The molecular formula is C9H3Cl2F3N2O2. The summed E-state index contributed by atoms with van der Waals surface area (Å²) in [7, 11) is 0. The van der Waals surface area contributed by atoms with Crippen molar-refractivity contribution in [3.8, 4) is 0 Å². The summed E-state index contributed by atoms with van der Waals surface area (Å²) in [5, 5.41) is 11.5. The van der Waals surface area contributed by atoms with Gasteiger partial charge in [0.2, 0.25) is 0 Å². The van der Waals surface area contributed by atoms with Gasteiger partial charge < -0.3 is 5.11 Å². The molecule has 0 aromatic carbocycles. The number of halogens is 5. The molecule has 0 fully saturated rings. The van der Waals surface area contributed by atoms with Crippen LogP contribution in [0.25, 0.3) is 5.52 Å². The van der Waals surface area contributed by atoms with E-state index in [0.29, 0.717) is 10.6 Å². The van der Waals surface area contributed by atoms with Crippen LogP contribution in [0, 0.1) is 0 Å². The number of alkyl halides is 3. The van der Waals surface area contributed by atoms with E-state index >= 15 is 0 Å². The predicted molar refractivity (Wildman–Crippen MR) is 57.2 cm³/mol. The van der Waals surface area contributed by atoms with Gasteiger partial charge in [-0.1, -0.05) is 23.2 Å². The van der Waals surface area contributed by atoms with Crippen molar-refractivity contribution < 1.29 is 23.1 Å². The molecule has 0 saturated heterocycles. The first kappa shape index (κ1) is 13.0. The summed E-state index contributed by atoms with van der Waals surface area (Å²) in [5.41, 5.74) is -2.13. The van der Waals surface area contributed by atoms with Gasteiger partial charge in [0.25, 0.3) is 0 Å². The van der Waals surface area contributed by atoms with Gasteiger partial charge in [0.1, 0.15) is 16.2 Å². The maximum Gasteiger partial charge on any atom is 0.433 e. The van der Waals surface area contributed by atoms with E-state index in [-0.39, 0.29) is 10.5 Å². The van der Waals surface area contributed by atoms with E-state index < -0.39 is 28.6 Å². The van der Waals surface area contributed by atoms with Gasteiger partial charge in [-0.05, 0) is 12.1 Å². The number of pyridine rings is 1. The number of hydrogen-bond donors (Lipinski definition) is 1. The van der Waals surface area contributed by atoms with Crippen molar-refractivity contribution in [3.63, 3.8) is 0 Å². The highest BCUT2D eigenvalue weighted by molar-refractivity contribution is 6.41. The Balaban J connectivity index is 2.91. The third-order valence-electron chi connectivity index (χ3n) is 2.16. The first-order chi connectivity index (χ1) is 8.23. The van der Waals surface area contributed by atoms with Crippen molar-refractivity contribution in [2.75, 3.05) is 0 Å². The Bertz CT molecular complexity index is 651. The van der Waals surface area contributed by atoms with Gasteiger partial charge in [-0.15, -0.1) is 0 Å². The molecular weight excluding hydrogens is 296 g/mol. The van der Waals surface area contributed by atoms with E-state index in [1.165, 1.54) is 0 Å². The van der Waals surface area contributed by atoms with Crippen LogP contribution in [0.15, 0.2) is 12.1 Å². The van der Waals surface area contributed by atoms with E-state index in [4.69, 9.17) is 28.3 Å². The number of fused-ring (bicyclic) bond motifs is 1. The van der Waals surface area contributed by atoms with Crippen molar-refractivity contribution in [3.05, 3.63) is 33.6 Å². The molecule has 2 rings (SSSR count). The molecule has 18 heavy (non-hydrogen) atoms. The zero-order chi connectivity index (χ0) is 13.7. The lowest BCUT2D eigenvalue weighted by Gasteiger charge is -2.09. The SMILES string of the molecule is O=C(O)c1nn2c(C(F)(F)F)ccc(Cl)c2c1Cl. The fraction of sp³-hybridized carbons (Fsp3) is 0.111. The molecule has 0 aliphatic carbocycles. The average Bonchev–Trinajstić information content (AvgIpc) is 2.56. The van der Waals surface area contributed by atoms with Crippen molar-refractivity contribution >= 4 is 34.7 Å². The standard InChI is InChI=1S/C9H3Cl2F3N2O2/c10-3-1-2-4(9(12,13)14)16-7(3)5(11)6(15-16)8(17)18/h1-2H,(H,17,18). The molecule has 0 amide bonds. The minimum atomic E-state index is -4.70. The topological polar surface area (TPSA) is 54.6 Å². The van der Waals surface area contributed by atoms with Gasteiger partial charge in [0.15, 0.2) is 5.69 Å². The molecule has 9 heteroatoms. The second kappa shape index (κ2) is 4.03. The second-order valence-electron chi connectivity index (χ2n) is 3.29. The van der Waals surface area contributed by atoms with Crippen LogP contribution in [0.1, 0.15) is 16.2 Å². The van der Waals surface area contributed by atoms with Gasteiger partial charge in [0, 0.05) is 0 Å². The highest BCUT2D eigenvalue weighted by atomic mass is 35.5. The number of nitrogens with zero attached hydrogens (tertiary/aromatic N) is 2. The zero-order valence-corrected chi connectivity index (χ0v) is 9.81. The number of aromatic nitrogens is 2.